The van der Waals surface area contributed by atoms with Crippen molar-refractivity contribution in [1.29, 1.82) is 0 Å². The third-order valence-corrected chi connectivity index (χ3v) is 5.59. The predicted molar refractivity (Wildman–Crippen MR) is 119 cm³/mol. The van der Waals surface area contributed by atoms with E-state index in [1.807, 2.05) is 60.4 Å². The molecular formula is C21H22BrN5O2. The molecule has 0 saturated carbocycles. The topological polar surface area (TPSA) is 70.5 Å². The Balaban J connectivity index is 1.49. The van der Waals surface area contributed by atoms with Gasteiger partial charge < -0.3 is 19.7 Å². The molecule has 0 atom stereocenters. The van der Waals surface area contributed by atoms with E-state index in [1.54, 1.807) is 9.47 Å². The number of anilines is 2. The van der Waals surface area contributed by atoms with Crippen LogP contribution in [-0.4, -0.2) is 46.7 Å². The number of aromatic nitrogens is 2. The van der Waals surface area contributed by atoms with Crippen LogP contribution < -0.4 is 15.8 Å². The first-order valence-electron chi connectivity index (χ1n) is 9.63. The third-order valence-electron chi connectivity index (χ3n) is 5.09. The highest BCUT2D eigenvalue weighted by Crippen LogP contribution is 2.18. The summed E-state index contributed by atoms with van der Waals surface area (Å²) in [6, 6.07) is 15.0. The second-order valence-corrected chi connectivity index (χ2v) is 7.80. The Morgan fingerprint density at radius 2 is 1.86 bits per heavy atom. The van der Waals surface area contributed by atoms with Crippen LogP contribution in [0.1, 0.15) is 6.92 Å². The normalized spacial score (nSPS) is 14.3. The zero-order valence-corrected chi connectivity index (χ0v) is 17.7. The van der Waals surface area contributed by atoms with E-state index in [0.29, 0.717) is 38.5 Å². The van der Waals surface area contributed by atoms with E-state index in [9.17, 15) is 9.59 Å². The molecule has 2 aromatic carbocycles. The number of carbonyl (C=O) groups is 1. The van der Waals surface area contributed by atoms with Crippen LogP contribution in [-0.2, 0) is 6.54 Å². The Labute approximate surface area is 177 Å². The number of benzene rings is 2. The number of urea groups is 1. The zero-order chi connectivity index (χ0) is 20.4. The Morgan fingerprint density at radius 1 is 1.10 bits per heavy atom. The summed E-state index contributed by atoms with van der Waals surface area (Å²) in [6.07, 6.45) is 0. The van der Waals surface area contributed by atoms with E-state index >= 15 is 0 Å². The molecule has 3 aromatic rings. The monoisotopic (exact) mass is 455 g/mol. The molecule has 1 saturated heterocycles. The van der Waals surface area contributed by atoms with Crippen LogP contribution in [0.3, 0.4) is 0 Å². The van der Waals surface area contributed by atoms with E-state index in [0.717, 1.165) is 21.2 Å². The van der Waals surface area contributed by atoms with Gasteiger partial charge in [-0.15, -0.1) is 0 Å². The van der Waals surface area contributed by atoms with Gasteiger partial charge in [-0.3, -0.25) is 4.79 Å². The molecule has 150 valence electrons. The lowest BCUT2D eigenvalue weighted by molar-refractivity contribution is 0.208. The molecule has 1 aliphatic rings. The minimum absolute atomic E-state index is 0.0850. The summed E-state index contributed by atoms with van der Waals surface area (Å²) in [4.78, 5) is 33.9. The Morgan fingerprint density at radius 3 is 2.59 bits per heavy atom. The van der Waals surface area contributed by atoms with Crippen LogP contribution in [0.15, 0.2) is 57.8 Å². The van der Waals surface area contributed by atoms with Crippen LogP contribution >= 0.6 is 15.9 Å². The SMILES string of the molecule is CCn1c(=O)c(N2CCN(C(=O)Nc3cccc(Br)c3)CC2)nc2ccccc21. The molecule has 1 fully saturated rings. The van der Waals surface area contributed by atoms with Gasteiger partial charge in [-0.25, -0.2) is 9.78 Å². The minimum Gasteiger partial charge on any atom is -0.348 e. The largest absolute Gasteiger partial charge is 0.348 e. The predicted octanol–water partition coefficient (Wildman–Crippen LogP) is 3.53. The zero-order valence-electron chi connectivity index (χ0n) is 16.1. The van der Waals surface area contributed by atoms with Crippen LogP contribution in [0.2, 0.25) is 0 Å². The number of amides is 2. The highest BCUT2D eigenvalue weighted by Gasteiger charge is 2.24. The number of rotatable bonds is 3. The van der Waals surface area contributed by atoms with Crippen LogP contribution in [0.5, 0.6) is 0 Å². The summed E-state index contributed by atoms with van der Waals surface area (Å²) in [7, 11) is 0. The van der Waals surface area contributed by atoms with Crippen molar-refractivity contribution in [2.45, 2.75) is 13.5 Å². The molecule has 2 amide bonds. The molecule has 2 heterocycles. The number of piperazine rings is 1. The number of fused-ring (bicyclic) bond motifs is 1. The third kappa shape index (κ3) is 3.98. The highest BCUT2D eigenvalue weighted by atomic mass is 79.9. The molecule has 4 rings (SSSR count). The smallest absolute Gasteiger partial charge is 0.321 e. The van der Waals surface area contributed by atoms with Gasteiger partial charge in [0.15, 0.2) is 5.82 Å². The number of nitrogens with zero attached hydrogens (tertiary/aromatic N) is 4. The Hall–Kier alpha value is -2.87. The van der Waals surface area contributed by atoms with Crippen LogP contribution in [0.25, 0.3) is 11.0 Å². The van der Waals surface area contributed by atoms with Gasteiger partial charge >= 0.3 is 6.03 Å². The fraction of sp³-hybridized carbons (Fsp3) is 0.286. The van der Waals surface area contributed by atoms with Gasteiger partial charge in [0.25, 0.3) is 5.56 Å². The van der Waals surface area contributed by atoms with Gasteiger partial charge in [0, 0.05) is 42.9 Å². The molecule has 0 aliphatic carbocycles. The summed E-state index contributed by atoms with van der Waals surface area (Å²) in [6.45, 7) is 4.73. The van der Waals surface area contributed by atoms with Crippen molar-refractivity contribution in [3.05, 3.63) is 63.4 Å². The molecule has 0 spiro atoms. The molecule has 8 heteroatoms. The van der Waals surface area contributed by atoms with Gasteiger partial charge in [-0.1, -0.05) is 34.1 Å². The first kappa shape index (κ1) is 19.4. The second kappa shape index (κ2) is 8.24. The molecule has 1 aromatic heterocycles. The van der Waals surface area contributed by atoms with Crippen LogP contribution in [0.4, 0.5) is 16.3 Å². The number of nitrogens with one attached hydrogen (secondary N) is 1. The Kier molecular flexibility index (Phi) is 5.53. The summed E-state index contributed by atoms with van der Waals surface area (Å²) in [5, 5.41) is 2.92. The van der Waals surface area contributed by atoms with E-state index in [1.165, 1.54) is 0 Å². The van der Waals surface area contributed by atoms with Crippen molar-refractivity contribution < 1.29 is 4.79 Å². The van der Waals surface area contributed by atoms with Gasteiger partial charge in [0.2, 0.25) is 0 Å². The van der Waals surface area contributed by atoms with Gasteiger partial charge in [-0.05, 0) is 37.3 Å². The standard InChI is InChI=1S/C21H22BrN5O2/c1-2-27-18-9-4-3-8-17(18)24-19(20(27)28)25-10-12-26(13-11-25)21(29)23-16-7-5-6-15(22)14-16/h3-9,14H,2,10-13H2,1H3,(H,23,29). The maximum Gasteiger partial charge on any atom is 0.321 e. The maximum atomic E-state index is 13.0. The van der Waals surface area contributed by atoms with Gasteiger partial charge in [0.1, 0.15) is 0 Å². The van der Waals surface area contributed by atoms with Crippen molar-refractivity contribution in [2.24, 2.45) is 0 Å². The van der Waals surface area contributed by atoms with Gasteiger partial charge in [0.05, 0.1) is 11.0 Å². The lowest BCUT2D eigenvalue weighted by Crippen LogP contribution is -2.51. The van der Waals surface area contributed by atoms with E-state index < -0.39 is 0 Å². The lowest BCUT2D eigenvalue weighted by atomic mass is 10.2. The second-order valence-electron chi connectivity index (χ2n) is 6.89. The molecule has 1 N–H and O–H groups in total. The van der Waals surface area contributed by atoms with Gasteiger partial charge in [-0.2, -0.15) is 0 Å². The number of para-hydroxylation sites is 2. The fourth-order valence-corrected chi connectivity index (χ4v) is 3.99. The molecule has 29 heavy (non-hydrogen) atoms. The summed E-state index contributed by atoms with van der Waals surface area (Å²) < 4.78 is 2.67. The first-order valence-corrected chi connectivity index (χ1v) is 10.4. The van der Waals surface area contributed by atoms with E-state index in [2.05, 4.69) is 26.2 Å². The quantitative estimate of drug-likeness (QED) is 0.655. The van der Waals surface area contributed by atoms with Crippen molar-refractivity contribution >= 4 is 44.5 Å². The van der Waals surface area contributed by atoms with Crippen molar-refractivity contribution in [1.82, 2.24) is 14.5 Å². The number of hydrogen-bond acceptors (Lipinski definition) is 4. The number of aryl methyl sites for hydroxylation is 1. The van der Waals surface area contributed by atoms with Crippen LogP contribution in [0, 0.1) is 0 Å². The van der Waals surface area contributed by atoms with Crippen molar-refractivity contribution in [3.63, 3.8) is 0 Å². The number of halogens is 1. The van der Waals surface area contributed by atoms with Crippen molar-refractivity contribution in [2.75, 3.05) is 36.4 Å². The molecule has 7 nitrogen and oxygen atoms in total. The first-order chi connectivity index (χ1) is 14.1. The summed E-state index contributed by atoms with van der Waals surface area (Å²) in [5.41, 5.74) is 2.31. The fourth-order valence-electron chi connectivity index (χ4n) is 3.59. The average molecular weight is 456 g/mol. The minimum atomic E-state index is -0.139. The molecule has 0 unspecified atom stereocenters. The Bertz CT molecular complexity index is 1110. The highest BCUT2D eigenvalue weighted by molar-refractivity contribution is 9.10. The van der Waals surface area contributed by atoms with E-state index in [4.69, 9.17) is 0 Å². The summed E-state index contributed by atoms with van der Waals surface area (Å²) >= 11 is 3.41. The number of hydrogen-bond donors (Lipinski definition) is 1. The molecule has 1 aliphatic heterocycles. The molecular weight excluding hydrogens is 434 g/mol. The van der Waals surface area contributed by atoms with E-state index in [-0.39, 0.29) is 11.6 Å². The maximum absolute atomic E-state index is 13.0. The molecule has 0 radical (unpaired) electrons. The molecule has 0 bridgehead atoms. The summed E-state index contributed by atoms with van der Waals surface area (Å²) in [5.74, 6) is 0.456. The van der Waals surface area contributed by atoms with Crippen molar-refractivity contribution in [3.8, 4) is 0 Å². The average Bonchev–Trinajstić information content (AvgIpc) is 2.73. The number of carbonyl (C=O) groups excluding carboxylic acids is 1. The lowest BCUT2D eigenvalue weighted by Gasteiger charge is -2.35.